The zero-order valence-corrected chi connectivity index (χ0v) is 27.4. The van der Waals surface area contributed by atoms with Crippen molar-refractivity contribution in [3.05, 3.63) is 0 Å². The Kier molecular flexibility index (Phi) is 29.8. The Balaban J connectivity index is 3.54. The maximum absolute atomic E-state index is 11.8. The monoisotopic (exact) mass is 606 g/mol. The van der Waals surface area contributed by atoms with Crippen molar-refractivity contribution < 1.29 is 38.2 Å². The summed E-state index contributed by atoms with van der Waals surface area (Å²) in [6.07, 6.45) is 31.1. The highest BCUT2D eigenvalue weighted by atomic mass is 31.2. The van der Waals surface area contributed by atoms with E-state index >= 15 is 0 Å². The molecule has 0 spiro atoms. The molecule has 0 saturated carbocycles. The van der Waals surface area contributed by atoms with Crippen LogP contribution in [0.15, 0.2) is 0 Å². The standard InChI is InChI=1S/C32H63O8P/c1-3-5-7-9-11-13-15-17-19-21-23-25-27-29-31(33)37-39-41(35,36)40-38-32(34)30-28-26-24-22-20-18-16-14-12-10-8-6-4-2/h3-30H2,1-2H3,(H,35,36). The normalized spacial score (nSPS) is 11.6. The van der Waals surface area contributed by atoms with E-state index in [0.717, 1.165) is 38.5 Å². The SMILES string of the molecule is CCCCCCCCCCCCCCCC(=O)OOP(=O)(O)OOC(=O)CCCCCCCCCCCCCCC. The van der Waals surface area contributed by atoms with Gasteiger partial charge in [0.15, 0.2) is 0 Å². The van der Waals surface area contributed by atoms with Gasteiger partial charge in [0.2, 0.25) is 0 Å². The fraction of sp³-hybridized carbons (Fsp3) is 0.938. The van der Waals surface area contributed by atoms with Crippen LogP contribution in [0.2, 0.25) is 0 Å². The summed E-state index contributed by atoms with van der Waals surface area (Å²) in [5.74, 6) is -1.52. The van der Waals surface area contributed by atoms with Crippen molar-refractivity contribution in [2.24, 2.45) is 0 Å². The summed E-state index contributed by atoms with van der Waals surface area (Å²) in [5.41, 5.74) is 0. The molecular formula is C32H63O8P. The van der Waals surface area contributed by atoms with Gasteiger partial charge >= 0.3 is 19.8 Å². The summed E-state index contributed by atoms with van der Waals surface area (Å²) in [6, 6.07) is 0. The van der Waals surface area contributed by atoms with Crippen LogP contribution >= 0.6 is 7.82 Å². The van der Waals surface area contributed by atoms with Crippen molar-refractivity contribution in [2.75, 3.05) is 0 Å². The molecule has 0 aromatic rings. The molecule has 0 aromatic carbocycles. The Morgan fingerprint density at radius 2 is 0.659 bits per heavy atom. The lowest BCUT2D eigenvalue weighted by Gasteiger charge is -2.09. The Bertz CT molecular complexity index is 593. The van der Waals surface area contributed by atoms with Gasteiger partial charge in [-0.25, -0.2) is 14.2 Å². The predicted molar refractivity (Wildman–Crippen MR) is 165 cm³/mol. The van der Waals surface area contributed by atoms with Crippen molar-refractivity contribution in [1.29, 1.82) is 0 Å². The topological polar surface area (TPSA) is 108 Å². The average molecular weight is 607 g/mol. The molecular weight excluding hydrogens is 543 g/mol. The smallest absolute Gasteiger partial charge is 0.298 e. The molecule has 0 saturated heterocycles. The van der Waals surface area contributed by atoms with Crippen LogP contribution in [0.1, 0.15) is 194 Å². The molecule has 41 heavy (non-hydrogen) atoms. The van der Waals surface area contributed by atoms with E-state index < -0.39 is 19.8 Å². The summed E-state index contributed by atoms with van der Waals surface area (Å²) < 4.78 is 20.1. The molecule has 0 rings (SSSR count). The first kappa shape index (κ1) is 40.1. The minimum Gasteiger partial charge on any atom is -0.298 e. The Morgan fingerprint density at radius 3 is 0.902 bits per heavy atom. The summed E-state index contributed by atoms with van der Waals surface area (Å²) in [7, 11) is -4.83. The number of phosphoric acid groups is 1. The summed E-state index contributed by atoms with van der Waals surface area (Å²) in [4.78, 5) is 41.7. The van der Waals surface area contributed by atoms with Crippen molar-refractivity contribution >= 4 is 19.8 Å². The van der Waals surface area contributed by atoms with E-state index in [1.54, 1.807) is 0 Å². The predicted octanol–water partition coefficient (Wildman–Crippen LogP) is 11.0. The lowest BCUT2D eigenvalue weighted by molar-refractivity contribution is -0.260. The molecule has 0 amide bonds. The zero-order valence-electron chi connectivity index (χ0n) is 26.6. The highest BCUT2D eigenvalue weighted by Gasteiger charge is 2.28. The highest BCUT2D eigenvalue weighted by molar-refractivity contribution is 7.47. The molecule has 1 N–H and O–H groups in total. The molecule has 0 heterocycles. The molecule has 0 atom stereocenters. The lowest BCUT2D eigenvalue weighted by atomic mass is 10.0. The number of rotatable bonds is 32. The van der Waals surface area contributed by atoms with Gasteiger partial charge in [-0.05, 0) is 12.8 Å². The molecule has 0 aliphatic carbocycles. The van der Waals surface area contributed by atoms with Crippen LogP contribution in [0, 0.1) is 0 Å². The van der Waals surface area contributed by atoms with Gasteiger partial charge < -0.3 is 0 Å². The Labute approximate surface area is 251 Å². The van der Waals surface area contributed by atoms with E-state index in [-0.39, 0.29) is 12.8 Å². The van der Waals surface area contributed by atoms with E-state index in [1.807, 2.05) is 0 Å². The fourth-order valence-corrected chi connectivity index (χ4v) is 5.23. The number of hydrogen-bond donors (Lipinski definition) is 1. The van der Waals surface area contributed by atoms with Crippen LogP contribution in [0.5, 0.6) is 0 Å². The Morgan fingerprint density at radius 1 is 0.439 bits per heavy atom. The lowest BCUT2D eigenvalue weighted by Crippen LogP contribution is -2.08. The van der Waals surface area contributed by atoms with Crippen LogP contribution in [0.4, 0.5) is 0 Å². The van der Waals surface area contributed by atoms with E-state index in [2.05, 4.69) is 33.0 Å². The van der Waals surface area contributed by atoms with Gasteiger partial charge in [0.1, 0.15) is 0 Å². The van der Waals surface area contributed by atoms with Gasteiger partial charge in [-0.3, -0.25) is 14.7 Å². The molecule has 8 nitrogen and oxygen atoms in total. The first-order valence-electron chi connectivity index (χ1n) is 17.0. The van der Waals surface area contributed by atoms with Crippen LogP contribution in [0.25, 0.3) is 0 Å². The molecule has 0 aliphatic rings. The van der Waals surface area contributed by atoms with Crippen LogP contribution < -0.4 is 0 Å². The number of hydrogen-bond acceptors (Lipinski definition) is 7. The van der Waals surface area contributed by atoms with E-state index in [1.165, 1.54) is 116 Å². The fourth-order valence-electron chi connectivity index (χ4n) is 4.85. The third-order valence-electron chi connectivity index (χ3n) is 7.42. The molecule has 0 aliphatic heterocycles. The van der Waals surface area contributed by atoms with Crippen LogP contribution in [-0.2, 0) is 33.3 Å². The second-order valence-electron chi connectivity index (χ2n) is 11.5. The largest absolute Gasteiger partial charge is 0.544 e. The number of carbonyl (C=O) groups excluding carboxylic acids is 2. The van der Waals surface area contributed by atoms with Crippen molar-refractivity contribution in [1.82, 2.24) is 0 Å². The summed E-state index contributed by atoms with van der Waals surface area (Å²) >= 11 is 0. The van der Waals surface area contributed by atoms with Gasteiger partial charge in [0.05, 0.1) is 0 Å². The van der Waals surface area contributed by atoms with Crippen molar-refractivity contribution in [2.45, 2.75) is 194 Å². The van der Waals surface area contributed by atoms with Gasteiger partial charge in [-0.1, -0.05) is 177 Å². The molecule has 0 fully saturated rings. The number of unbranched alkanes of at least 4 members (excludes halogenated alkanes) is 24. The minimum atomic E-state index is -4.83. The third kappa shape index (κ3) is 31.8. The molecule has 244 valence electrons. The summed E-state index contributed by atoms with van der Waals surface area (Å²) in [5, 5.41) is 0. The Hall–Kier alpha value is -0.950. The maximum atomic E-state index is 11.8. The zero-order chi connectivity index (χ0) is 30.3. The second kappa shape index (κ2) is 30.5. The molecule has 9 heteroatoms. The van der Waals surface area contributed by atoms with Gasteiger partial charge in [0.25, 0.3) is 0 Å². The first-order valence-corrected chi connectivity index (χ1v) is 18.5. The highest BCUT2D eigenvalue weighted by Crippen LogP contribution is 2.43. The molecule has 0 aromatic heterocycles. The first-order chi connectivity index (χ1) is 19.9. The molecule has 0 bridgehead atoms. The van der Waals surface area contributed by atoms with E-state index in [4.69, 9.17) is 0 Å². The van der Waals surface area contributed by atoms with E-state index in [0.29, 0.717) is 12.8 Å². The van der Waals surface area contributed by atoms with Gasteiger partial charge in [0, 0.05) is 12.8 Å². The van der Waals surface area contributed by atoms with Crippen LogP contribution in [-0.4, -0.2) is 16.8 Å². The third-order valence-corrected chi connectivity index (χ3v) is 7.94. The van der Waals surface area contributed by atoms with Crippen molar-refractivity contribution in [3.8, 4) is 0 Å². The minimum absolute atomic E-state index is 0.0800. The number of carbonyl (C=O) groups is 2. The maximum Gasteiger partial charge on any atom is 0.544 e. The van der Waals surface area contributed by atoms with E-state index in [9.17, 15) is 19.0 Å². The molecule has 0 radical (unpaired) electrons. The van der Waals surface area contributed by atoms with Gasteiger partial charge in [-0.15, -0.1) is 0 Å². The second-order valence-corrected chi connectivity index (χ2v) is 12.7. The van der Waals surface area contributed by atoms with Crippen molar-refractivity contribution in [3.63, 3.8) is 0 Å². The van der Waals surface area contributed by atoms with Crippen LogP contribution in [0.3, 0.4) is 0 Å². The van der Waals surface area contributed by atoms with Gasteiger partial charge in [-0.2, -0.15) is 0 Å². The molecule has 0 unspecified atom stereocenters. The summed E-state index contributed by atoms with van der Waals surface area (Å²) in [6.45, 7) is 4.48. The quantitative estimate of drug-likeness (QED) is 0.0348. The average Bonchev–Trinajstić information content (AvgIpc) is 2.96.